The Kier molecular flexibility index (Phi) is 5.94. The summed E-state index contributed by atoms with van der Waals surface area (Å²) in [4.78, 5) is 45.1. The average molecular weight is 424 g/mol. The molecule has 0 aromatic carbocycles. The van der Waals surface area contributed by atoms with E-state index in [1.54, 1.807) is 11.1 Å². The van der Waals surface area contributed by atoms with Crippen molar-refractivity contribution in [1.82, 2.24) is 9.97 Å². The van der Waals surface area contributed by atoms with Gasteiger partial charge >= 0.3 is 17.9 Å². The number of anilines is 2. The number of thioether (sulfide) groups is 1. The van der Waals surface area contributed by atoms with Crippen molar-refractivity contribution in [3.8, 4) is 0 Å². The Balaban J connectivity index is 1.98. The summed E-state index contributed by atoms with van der Waals surface area (Å²) in [5.41, 5.74) is 5.71. The van der Waals surface area contributed by atoms with Gasteiger partial charge in [0.15, 0.2) is 24.3 Å². The molecule has 0 amide bonds. The molecule has 3 heterocycles. The molecule has 0 unspecified atom stereocenters. The van der Waals surface area contributed by atoms with Gasteiger partial charge in [0.05, 0.1) is 9.92 Å². The number of carbonyl (C=O) groups excluding carboxylic acids is 3. The molecule has 0 bridgehead atoms. The number of nitrogens with zero attached hydrogens (tertiary/aromatic N) is 3. The Morgan fingerprint density at radius 2 is 1.86 bits per heavy atom. The highest BCUT2D eigenvalue weighted by molar-refractivity contribution is 8.03. The fourth-order valence-corrected chi connectivity index (χ4v) is 3.96. The van der Waals surface area contributed by atoms with Gasteiger partial charge in [-0.15, -0.1) is 0 Å². The van der Waals surface area contributed by atoms with Crippen molar-refractivity contribution in [3.05, 3.63) is 17.8 Å². The zero-order valence-corrected chi connectivity index (χ0v) is 16.8. The first kappa shape index (κ1) is 20.9. The molecule has 156 valence electrons. The van der Waals surface area contributed by atoms with Crippen molar-refractivity contribution in [2.75, 3.05) is 17.2 Å². The summed E-state index contributed by atoms with van der Waals surface area (Å²) in [6.07, 6.45) is -2.32. The predicted octanol–water partition coefficient (Wildman–Crippen LogP) is 0.593. The van der Waals surface area contributed by atoms with Crippen molar-refractivity contribution in [3.63, 3.8) is 0 Å². The van der Waals surface area contributed by atoms with Crippen LogP contribution in [-0.4, -0.2) is 59.0 Å². The maximum atomic E-state index is 11.8. The van der Waals surface area contributed by atoms with E-state index in [9.17, 15) is 14.4 Å². The van der Waals surface area contributed by atoms with E-state index in [0.717, 1.165) is 0 Å². The van der Waals surface area contributed by atoms with E-state index in [0.29, 0.717) is 15.7 Å². The standard InChI is InChI=1S/C17H20N4O7S/c1-7-21(15-12(29-7)5-19-17(18)20-15)16-14(27-10(4)24)13(26-9(3)23)11(28-16)6-25-8(2)22/h5,11,13-14,16H,1,6H2,2-4H3,(H2,18,19,20)/t11-,13-,14-,16-/m1/s1. The third-order valence-electron chi connectivity index (χ3n) is 4.07. The lowest BCUT2D eigenvalue weighted by Gasteiger charge is -2.30. The number of hydrogen-bond acceptors (Lipinski definition) is 12. The molecule has 0 aliphatic carbocycles. The number of nitrogen functional groups attached to an aromatic ring is 1. The molecule has 12 heteroatoms. The minimum atomic E-state index is -1.03. The number of rotatable bonds is 5. The van der Waals surface area contributed by atoms with Crippen LogP contribution < -0.4 is 10.6 Å². The number of nitrogens with two attached hydrogens (primary N) is 1. The highest BCUT2D eigenvalue weighted by Crippen LogP contribution is 2.47. The van der Waals surface area contributed by atoms with Gasteiger partial charge in [0.1, 0.15) is 12.7 Å². The van der Waals surface area contributed by atoms with E-state index < -0.39 is 42.4 Å². The quantitative estimate of drug-likeness (QED) is 0.522. The van der Waals surface area contributed by atoms with E-state index in [1.165, 1.54) is 32.5 Å². The summed E-state index contributed by atoms with van der Waals surface area (Å²) >= 11 is 1.29. The van der Waals surface area contributed by atoms with Crippen molar-refractivity contribution in [2.24, 2.45) is 0 Å². The van der Waals surface area contributed by atoms with Gasteiger partial charge < -0.3 is 24.7 Å². The molecule has 1 fully saturated rings. The van der Waals surface area contributed by atoms with E-state index in [4.69, 9.17) is 24.7 Å². The summed E-state index contributed by atoms with van der Waals surface area (Å²) < 4.78 is 21.8. The third-order valence-corrected chi connectivity index (χ3v) is 5.01. The highest BCUT2D eigenvalue weighted by Gasteiger charge is 2.54. The molecule has 2 aliphatic heterocycles. The van der Waals surface area contributed by atoms with Gasteiger partial charge in [0.2, 0.25) is 5.95 Å². The maximum Gasteiger partial charge on any atom is 0.303 e. The lowest BCUT2D eigenvalue weighted by Crippen LogP contribution is -2.46. The molecule has 1 aromatic heterocycles. The minimum absolute atomic E-state index is 0.0408. The zero-order chi connectivity index (χ0) is 21.3. The van der Waals surface area contributed by atoms with E-state index in [-0.39, 0.29) is 12.6 Å². The molecule has 1 aromatic rings. The maximum absolute atomic E-state index is 11.8. The van der Waals surface area contributed by atoms with Crippen LogP contribution in [0.1, 0.15) is 20.8 Å². The fourth-order valence-electron chi connectivity index (χ4n) is 3.08. The molecule has 0 saturated carbocycles. The minimum Gasteiger partial charge on any atom is -0.463 e. The average Bonchev–Trinajstić information content (AvgIpc) is 3.09. The number of ether oxygens (including phenoxy) is 4. The van der Waals surface area contributed by atoms with Crippen LogP contribution in [0.5, 0.6) is 0 Å². The Hall–Kier alpha value is -2.86. The number of carbonyl (C=O) groups is 3. The molecule has 2 N–H and O–H groups in total. The largest absolute Gasteiger partial charge is 0.463 e. The summed E-state index contributed by atoms with van der Waals surface area (Å²) in [5.74, 6) is -1.28. The number of esters is 3. The van der Waals surface area contributed by atoms with Crippen LogP contribution in [0.15, 0.2) is 22.7 Å². The molecule has 1 saturated heterocycles. The Morgan fingerprint density at radius 1 is 1.21 bits per heavy atom. The Bertz CT molecular complexity index is 864. The molecule has 0 radical (unpaired) electrons. The monoisotopic (exact) mass is 424 g/mol. The Labute approximate surface area is 170 Å². The van der Waals surface area contributed by atoms with E-state index >= 15 is 0 Å². The lowest BCUT2D eigenvalue weighted by atomic mass is 10.1. The first-order valence-electron chi connectivity index (χ1n) is 8.59. The molecule has 11 nitrogen and oxygen atoms in total. The molecule has 0 spiro atoms. The number of hydrogen-bond donors (Lipinski definition) is 1. The first-order valence-corrected chi connectivity index (χ1v) is 9.40. The molecular weight excluding hydrogens is 404 g/mol. The van der Waals surface area contributed by atoms with Crippen LogP contribution >= 0.6 is 11.8 Å². The summed E-state index contributed by atoms with van der Waals surface area (Å²) in [5, 5.41) is 0.525. The van der Waals surface area contributed by atoms with Gasteiger partial charge in [0, 0.05) is 27.0 Å². The van der Waals surface area contributed by atoms with Crippen LogP contribution in [0, 0.1) is 0 Å². The van der Waals surface area contributed by atoms with Gasteiger partial charge in [-0.25, -0.2) is 4.98 Å². The van der Waals surface area contributed by atoms with Crippen LogP contribution in [0.4, 0.5) is 11.8 Å². The van der Waals surface area contributed by atoms with Gasteiger partial charge in [-0.1, -0.05) is 18.3 Å². The second kappa shape index (κ2) is 8.25. The molecule has 29 heavy (non-hydrogen) atoms. The van der Waals surface area contributed by atoms with Crippen LogP contribution in [0.25, 0.3) is 0 Å². The summed E-state index contributed by atoms with van der Waals surface area (Å²) in [7, 11) is 0. The van der Waals surface area contributed by atoms with Crippen LogP contribution in [0.2, 0.25) is 0 Å². The topological polar surface area (TPSA) is 143 Å². The lowest BCUT2D eigenvalue weighted by molar-refractivity contribution is -0.165. The van der Waals surface area contributed by atoms with Crippen LogP contribution in [-0.2, 0) is 33.3 Å². The van der Waals surface area contributed by atoms with Crippen molar-refractivity contribution in [1.29, 1.82) is 0 Å². The van der Waals surface area contributed by atoms with E-state index in [2.05, 4.69) is 16.5 Å². The molecule has 3 rings (SSSR count). The normalized spacial score (nSPS) is 25.5. The van der Waals surface area contributed by atoms with Crippen molar-refractivity contribution >= 4 is 41.4 Å². The third kappa shape index (κ3) is 4.43. The second-order valence-electron chi connectivity index (χ2n) is 6.30. The number of fused-ring (bicyclic) bond motifs is 1. The van der Waals surface area contributed by atoms with Crippen molar-refractivity contribution in [2.45, 2.75) is 50.2 Å². The van der Waals surface area contributed by atoms with Gasteiger partial charge in [-0.05, 0) is 0 Å². The van der Waals surface area contributed by atoms with Gasteiger partial charge in [-0.2, -0.15) is 4.98 Å². The molecular formula is C17H20N4O7S. The molecule has 4 atom stereocenters. The fraction of sp³-hybridized carbons (Fsp3) is 0.471. The van der Waals surface area contributed by atoms with Gasteiger partial charge in [0.25, 0.3) is 0 Å². The predicted molar refractivity (Wildman–Crippen MR) is 100 cm³/mol. The molecule has 2 aliphatic rings. The zero-order valence-electron chi connectivity index (χ0n) is 16.0. The Morgan fingerprint density at radius 3 is 2.48 bits per heavy atom. The highest BCUT2D eigenvalue weighted by atomic mass is 32.2. The van der Waals surface area contributed by atoms with E-state index in [1.807, 2.05) is 0 Å². The summed E-state index contributed by atoms with van der Waals surface area (Å²) in [6, 6.07) is 0. The van der Waals surface area contributed by atoms with Crippen molar-refractivity contribution < 1.29 is 33.3 Å². The second-order valence-corrected chi connectivity index (χ2v) is 7.41. The smallest absolute Gasteiger partial charge is 0.303 e. The summed E-state index contributed by atoms with van der Waals surface area (Å²) in [6.45, 7) is 7.47. The number of aromatic nitrogens is 2. The first-order chi connectivity index (χ1) is 13.7. The SMILES string of the molecule is C=C1Sc2cnc(N)nc2N1[C@@H]1O[C@H](COC(C)=O)[C@@H](OC(C)=O)[C@H]1OC(C)=O. The van der Waals surface area contributed by atoms with Crippen LogP contribution in [0.3, 0.4) is 0 Å². The van der Waals surface area contributed by atoms with Gasteiger partial charge in [-0.3, -0.25) is 19.3 Å².